The van der Waals surface area contributed by atoms with Gasteiger partial charge in [-0.3, -0.25) is 0 Å². The highest BCUT2D eigenvalue weighted by Crippen LogP contribution is 2.28. The Hall–Kier alpha value is -3.38. The number of aromatic nitrogens is 1. The van der Waals surface area contributed by atoms with Gasteiger partial charge in [-0.05, 0) is 48.5 Å². The number of hydrogen-bond donors (Lipinski definition) is 1. The van der Waals surface area contributed by atoms with Gasteiger partial charge in [-0.2, -0.15) is 0 Å². The SMILES string of the molecule is O=C(O)c1cccc2c1ccn2Cc1cc(Cl)ccc1OCc1ccc(F)cc1F. The van der Waals surface area contributed by atoms with E-state index in [0.717, 1.165) is 17.1 Å². The first-order valence-corrected chi connectivity index (χ1v) is 9.46. The molecule has 0 fully saturated rings. The first kappa shape index (κ1) is 19.9. The first-order valence-electron chi connectivity index (χ1n) is 9.08. The molecule has 0 saturated carbocycles. The van der Waals surface area contributed by atoms with Crippen LogP contribution in [0.15, 0.2) is 66.9 Å². The fraction of sp³-hybridized carbons (Fsp3) is 0.0870. The molecule has 30 heavy (non-hydrogen) atoms. The van der Waals surface area contributed by atoms with Crippen molar-refractivity contribution in [2.75, 3.05) is 0 Å². The Morgan fingerprint density at radius 1 is 1.03 bits per heavy atom. The Balaban J connectivity index is 1.64. The number of aromatic carboxylic acids is 1. The average Bonchev–Trinajstić information content (AvgIpc) is 3.11. The smallest absolute Gasteiger partial charge is 0.336 e. The molecule has 0 saturated heterocycles. The maximum atomic E-state index is 13.9. The molecule has 0 radical (unpaired) electrons. The molecule has 1 heterocycles. The molecule has 0 aliphatic heterocycles. The van der Waals surface area contributed by atoms with E-state index < -0.39 is 17.6 Å². The summed E-state index contributed by atoms with van der Waals surface area (Å²) in [7, 11) is 0. The molecular formula is C23H16ClF2NO3. The van der Waals surface area contributed by atoms with Crippen LogP contribution in [0.2, 0.25) is 5.02 Å². The van der Waals surface area contributed by atoms with Gasteiger partial charge in [0, 0.05) is 39.3 Å². The van der Waals surface area contributed by atoms with Crippen molar-refractivity contribution < 1.29 is 23.4 Å². The molecule has 4 aromatic rings. The minimum atomic E-state index is -0.994. The summed E-state index contributed by atoms with van der Waals surface area (Å²) in [6.07, 6.45) is 1.79. The van der Waals surface area contributed by atoms with Crippen LogP contribution in [0, 0.1) is 11.6 Å². The number of carboxylic acids is 1. The van der Waals surface area contributed by atoms with E-state index in [1.54, 1.807) is 42.6 Å². The van der Waals surface area contributed by atoms with E-state index in [1.165, 1.54) is 12.1 Å². The lowest BCUT2D eigenvalue weighted by Gasteiger charge is -2.14. The third kappa shape index (κ3) is 4.00. The van der Waals surface area contributed by atoms with E-state index in [9.17, 15) is 18.7 Å². The van der Waals surface area contributed by atoms with Crippen molar-refractivity contribution in [1.29, 1.82) is 0 Å². The van der Waals surface area contributed by atoms with Crippen LogP contribution < -0.4 is 4.74 Å². The summed E-state index contributed by atoms with van der Waals surface area (Å²) in [5, 5.41) is 10.5. The van der Waals surface area contributed by atoms with Crippen LogP contribution in [0.3, 0.4) is 0 Å². The average molecular weight is 428 g/mol. The summed E-state index contributed by atoms with van der Waals surface area (Å²) in [6, 6.07) is 15.3. The van der Waals surface area contributed by atoms with E-state index in [2.05, 4.69) is 0 Å². The topological polar surface area (TPSA) is 51.5 Å². The Labute approximate surface area is 175 Å². The van der Waals surface area contributed by atoms with Crippen LogP contribution >= 0.6 is 11.6 Å². The van der Waals surface area contributed by atoms with E-state index in [4.69, 9.17) is 16.3 Å². The standard InChI is InChI=1S/C23H16ClF2NO3/c24-16-5-7-22(30-13-14-4-6-17(25)11-20(14)26)15(10-16)12-27-9-8-18-19(23(28)29)2-1-3-21(18)27/h1-11H,12-13H2,(H,28,29). The second-order valence-electron chi connectivity index (χ2n) is 6.76. The van der Waals surface area contributed by atoms with Gasteiger partial charge in [0.15, 0.2) is 0 Å². The van der Waals surface area contributed by atoms with Crippen LogP contribution in [-0.2, 0) is 13.2 Å². The molecule has 0 bridgehead atoms. The number of carbonyl (C=O) groups is 1. The lowest BCUT2D eigenvalue weighted by atomic mass is 10.1. The fourth-order valence-corrected chi connectivity index (χ4v) is 3.53. The normalized spacial score (nSPS) is 11.0. The quantitative estimate of drug-likeness (QED) is 0.417. The summed E-state index contributed by atoms with van der Waals surface area (Å²) in [5.41, 5.74) is 1.95. The second kappa shape index (κ2) is 8.16. The fourth-order valence-electron chi connectivity index (χ4n) is 3.34. The first-order chi connectivity index (χ1) is 14.4. The highest BCUT2D eigenvalue weighted by atomic mass is 35.5. The van der Waals surface area contributed by atoms with Crippen LogP contribution in [0.1, 0.15) is 21.5 Å². The summed E-state index contributed by atoms with van der Waals surface area (Å²) in [6.45, 7) is 0.296. The van der Waals surface area contributed by atoms with Gasteiger partial charge in [0.2, 0.25) is 0 Å². The Morgan fingerprint density at radius 2 is 1.87 bits per heavy atom. The maximum absolute atomic E-state index is 13.9. The largest absolute Gasteiger partial charge is 0.488 e. The number of carboxylic acid groups (broad SMARTS) is 1. The zero-order valence-corrected chi connectivity index (χ0v) is 16.4. The van der Waals surface area contributed by atoms with Crippen LogP contribution in [0.5, 0.6) is 5.75 Å². The van der Waals surface area contributed by atoms with Crippen LogP contribution in [0.4, 0.5) is 8.78 Å². The van der Waals surface area contributed by atoms with Gasteiger partial charge in [0.1, 0.15) is 24.0 Å². The van der Waals surface area contributed by atoms with Crippen molar-refractivity contribution in [1.82, 2.24) is 4.57 Å². The van der Waals surface area contributed by atoms with E-state index in [1.807, 2.05) is 10.6 Å². The molecule has 0 unspecified atom stereocenters. The molecule has 0 aliphatic rings. The van der Waals surface area contributed by atoms with Gasteiger partial charge in [-0.1, -0.05) is 17.7 Å². The molecular weight excluding hydrogens is 412 g/mol. The lowest BCUT2D eigenvalue weighted by Crippen LogP contribution is -2.04. The molecule has 0 atom stereocenters. The number of fused-ring (bicyclic) bond motifs is 1. The van der Waals surface area contributed by atoms with Gasteiger partial charge in [0.25, 0.3) is 0 Å². The van der Waals surface area contributed by atoms with E-state index in [-0.39, 0.29) is 17.7 Å². The predicted octanol–water partition coefficient (Wildman–Crippen LogP) is 5.90. The zero-order valence-electron chi connectivity index (χ0n) is 15.6. The molecule has 4 rings (SSSR count). The maximum Gasteiger partial charge on any atom is 0.336 e. The number of ether oxygens (including phenoxy) is 1. The Morgan fingerprint density at radius 3 is 2.63 bits per heavy atom. The van der Waals surface area contributed by atoms with Gasteiger partial charge in [-0.15, -0.1) is 0 Å². The third-order valence-corrected chi connectivity index (χ3v) is 5.04. The number of nitrogens with zero attached hydrogens (tertiary/aromatic N) is 1. The lowest BCUT2D eigenvalue weighted by molar-refractivity contribution is 0.0699. The predicted molar refractivity (Wildman–Crippen MR) is 110 cm³/mol. The molecule has 1 N–H and O–H groups in total. The summed E-state index contributed by atoms with van der Waals surface area (Å²) in [4.78, 5) is 11.4. The molecule has 4 nitrogen and oxygen atoms in total. The number of rotatable bonds is 6. The van der Waals surface area contributed by atoms with Crippen molar-refractivity contribution in [2.45, 2.75) is 13.2 Å². The molecule has 3 aromatic carbocycles. The van der Waals surface area contributed by atoms with Crippen LogP contribution in [-0.4, -0.2) is 15.6 Å². The Bertz CT molecular complexity index is 1250. The van der Waals surface area contributed by atoms with Gasteiger partial charge >= 0.3 is 5.97 Å². The highest BCUT2D eigenvalue weighted by Gasteiger charge is 2.13. The minimum absolute atomic E-state index is 0.0731. The number of benzene rings is 3. The van der Waals surface area contributed by atoms with Crippen molar-refractivity contribution in [3.63, 3.8) is 0 Å². The van der Waals surface area contributed by atoms with Crippen molar-refractivity contribution in [3.05, 3.63) is 100 Å². The molecule has 1 aromatic heterocycles. The van der Waals surface area contributed by atoms with Crippen molar-refractivity contribution in [3.8, 4) is 5.75 Å². The molecule has 0 spiro atoms. The minimum Gasteiger partial charge on any atom is -0.488 e. The van der Waals surface area contributed by atoms with E-state index in [0.29, 0.717) is 22.7 Å². The third-order valence-electron chi connectivity index (χ3n) is 4.81. The molecule has 0 aliphatic carbocycles. The van der Waals surface area contributed by atoms with Gasteiger partial charge in [-0.25, -0.2) is 13.6 Å². The summed E-state index contributed by atoms with van der Waals surface area (Å²) >= 11 is 6.16. The van der Waals surface area contributed by atoms with Crippen LogP contribution in [0.25, 0.3) is 10.9 Å². The van der Waals surface area contributed by atoms with Gasteiger partial charge < -0.3 is 14.4 Å². The summed E-state index contributed by atoms with van der Waals surface area (Å²) in [5.74, 6) is -1.82. The zero-order chi connectivity index (χ0) is 21.3. The molecule has 152 valence electrons. The number of hydrogen-bond acceptors (Lipinski definition) is 2. The van der Waals surface area contributed by atoms with E-state index >= 15 is 0 Å². The monoisotopic (exact) mass is 427 g/mol. The Kier molecular flexibility index (Phi) is 5.42. The van der Waals surface area contributed by atoms with Gasteiger partial charge in [0.05, 0.1) is 12.1 Å². The highest BCUT2D eigenvalue weighted by molar-refractivity contribution is 6.30. The number of halogens is 3. The van der Waals surface area contributed by atoms with Crippen molar-refractivity contribution >= 4 is 28.5 Å². The molecule has 7 heteroatoms. The van der Waals surface area contributed by atoms with Crippen molar-refractivity contribution in [2.24, 2.45) is 0 Å². The summed E-state index contributed by atoms with van der Waals surface area (Å²) < 4.78 is 34.7. The molecule has 0 amide bonds. The second-order valence-corrected chi connectivity index (χ2v) is 7.20.